The standard InChI is InChI=1S/C22H24N4O3S2/c1-25(2)22(29)31-17-10-6-4-8-15(17)24-18(27)11-12-26-13-23-20-19(21(26)28)14-7-3-5-9-16(14)30-20/h4,6,8,10,13H,3,5,7,9,11-12H2,1-2H3,(H,24,27). The molecule has 0 saturated heterocycles. The zero-order valence-corrected chi connectivity index (χ0v) is 19.1. The summed E-state index contributed by atoms with van der Waals surface area (Å²) in [5, 5.41) is 3.47. The van der Waals surface area contributed by atoms with E-state index in [1.807, 2.05) is 12.1 Å². The minimum atomic E-state index is -0.218. The molecule has 0 radical (unpaired) electrons. The van der Waals surface area contributed by atoms with Crippen LogP contribution < -0.4 is 10.9 Å². The number of rotatable bonds is 5. The lowest BCUT2D eigenvalue weighted by Crippen LogP contribution is -2.24. The van der Waals surface area contributed by atoms with Crippen LogP contribution in [-0.2, 0) is 24.2 Å². The number of carbonyl (C=O) groups is 2. The maximum Gasteiger partial charge on any atom is 0.286 e. The second-order valence-corrected chi connectivity index (χ2v) is 9.77. The Labute approximate surface area is 188 Å². The molecule has 4 rings (SSSR count). The van der Waals surface area contributed by atoms with Crippen LogP contribution in [0.2, 0.25) is 0 Å². The Morgan fingerprint density at radius 1 is 1.23 bits per heavy atom. The zero-order chi connectivity index (χ0) is 22.0. The molecule has 1 aliphatic rings. The number of para-hydroxylation sites is 1. The monoisotopic (exact) mass is 456 g/mol. The van der Waals surface area contributed by atoms with Gasteiger partial charge in [-0.2, -0.15) is 0 Å². The molecule has 1 aromatic carbocycles. The number of thioether (sulfide) groups is 1. The van der Waals surface area contributed by atoms with E-state index >= 15 is 0 Å². The highest BCUT2D eigenvalue weighted by Crippen LogP contribution is 2.33. The zero-order valence-electron chi connectivity index (χ0n) is 17.5. The maximum atomic E-state index is 13.0. The van der Waals surface area contributed by atoms with Crippen LogP contribution in [0.15, 0.2) is 40.3 Å². The normalized spacial score (nSPS) is 13.1. The fourth-order valence-corrected chi connectivity index (χ4v) is 5.59. The Kier molecular flexibility index (Phi) is 6.43. The van der Waals surface area contributed by atoms with Gasteiger partial charge in [-0.05, 0) is 55.1 Å². The summed E-state index contributed by atoms with van der Waals surface area (Å²) in [5.74, 6) is -0.218. The van der Waals surface area contributed by atoms with Crippen LogP contribution >= 0.6 is 23.1 Å². The molecule has 1 N–H and O–H groups in total. The van der Waals surface area contributed by atoms with E-state index in [0.29, 0.717) is 10.6 Å². The summed E-state index contributed by atoms with van der Waals surface area (Å²) in [4.78, 5) is 46.3. The van der Waals surface area contributed by atoms with Gasteiger partial charge in [0, 0.05) is 36.8 Å². The first-order valence-corrected chi connectivity index (χ1v) is 11.8. The van der Waals surface area contributed by atoms with Crippen LogP contribution in [-0.4, -0.2) is 39.7 Å². The highest BCUT2D eigenvalue weighted by Gasteiger charge is 2.20. The molecule has 1 aliphatic carbocycles. The van der Waals surface area contributed by atoms with Crippen molar-refractivity contribution in [2.45, 2.75) is 43.5 Å². The van der Waals surface area contributed by atoms with Crippen LogP contribution in [0.25, 0.3) is 10.2 Å². The summed E-state index contributed by atoms with van der Waals surface area (Å²) in [7, 11) is 3.37. The van der Waals surface area contributed by atoms with Gasteiger partial charge in [0.2, 0.25) is 5.91 Å². The molecule has 9 heteroatoms. The highest BCUT2D eigenvalue weighted by atomic mass is 32.2. The van der Waals surface area contributed by atoms with Crippen LogP contribution in [0.5, 0.6) is 0 Å². The van der Waals surface area contributed by atoms with E-state index in [2.05, 4.69) is 10.3 Å². The lowest BCUT2D eigenvalue weighted by molar-refractivity contribution is -0.116. The number of thiophene rings is 1. The topological polar surface area (TPSA) is 84.3 Å². The third-order valence-electron chi connectivity index (χ3n) is 5.25. The predicted octanol–water partition coefficient (Wildman–Crippen LogP) is 4.14. The van der Waals surface area contributed by atoms with E-state index in [4.69, 9.17) is 0 Å². The number of carbonyl (C=O) groups excluding carboxylic acids is 2. The van der Waals surface area contributed by atoms with Gasteiger partial charge in [-0.25, -0.2) is 4.98 Å². The smallest absolute Gasteiger partial charge is 0.286 e. The number of aryl methyl sites for hydroxylation is 3. The first kappa shape index (κ1) is 21.6. The summed E-state index contributed by atoms with van der Waals surface area (Å²) >= 11 is 2.68. The molecule has 0 saturated carbocycles. The van der Waals surface area contributed by atoms with Crippen molar-refractivity contribution in [2.75, 3.05) is 19.4 Å². The molecular weight excluding hydrogens is 432 g/mol. The second kappa shape index (κ2) is 9.23. The van der Waals surface area contributed by atoms with Crippen molar-refractivity contribution in [3.8, 4) is 0 Å². The number of nitrogens with zero attached hydrogens (tertiary/aromatic N) is 3. The number of nitrogens with one attached hydrogen (secondary N) is 1. The molecule has 162 valence electrons. The molecule has 7 nitrogen and oxygen atoms in total. The van der Waals surface area contributed by atoms with Gasteiger partial charge in [0.1, 0.15) is 4.83 Å². The summed E-state index contributed by atoms with van der Waals surface area (Å²) < 4.78 is 1.53. The van der Waals surface area contributed by atoms with Gasteiger partial charge in [0.25, 0.3) is 10.8 Å². The molecule has 3 aromatic rings. The molecule has 0 aliphatic heterocycles. The third kappa shape index (κ3) is 4.67. The Hall–Kier alpha value is -2.65. The molecule has 2 aromatic heterocycles. The van der Waals surface area contributed by atoms with E-state index in [-0.39, 0.29) is 29.7 Å². The van der Waals surface area contributed by atoms with E-state index in [1.54, 1.807) is 43.9 Å². The van der Waals surface area contributed by atoms with Gasteiger partial charge < -0.3 is 10.2 Å². The number of hydrogen-bond acceptors (Lipinski definition) is 6. The van der Waals surface area contributed by atoms with Crippen LogP contribution in [0, 0.1) is 0 Å². The van der Waals surface area contributed by atoms with Crippen molar-refractivity contribution < 1.29 is 9.59 Å². The van der Waals surface area contributed by atoms with Gasteiger partial charge in [0.05, 0.1) is 17.4 Å². The summed E-state index contributed by atoms with van der Waals surface area (Å²) in [5.41, 5.74) is 1.67. The van der Waals surface area contributed by atoms with Crippen molar-refractivity contribution in [1.29, 1.82) is 0 Å². The third-order valence-corrected chi connectivity index (χ3v) is 7.56. The Morgan fingerprint density at radius 3 is 2.81 bits per heavy atom. The minimum Gasteiger partial charge on any atom is -0.339 e. The average molecular weight is 457 g/mol. The quantitative estimate of drug-likeness (QED) is 0.584. The first-order valence-electron chi connectivity index (χ1n) is 10.2. The second-order valence-electron chi connectivity index (χ2n) is 7.69. The van der Waals surface area contributed by atoms with E-state index < -0.39 is 0 Å². The molecule has 31 heavy (non-hydrogen) atoms. The first-order chi connectivity index (χ1) is 14.9. The largest absolute Gasteiger partial charge is 0.339 e. The van der Waals surface area contributed by atoms with E-state index in [1.165, 1.54) is 14.3 Å². The number of anilines is 1. The van der Waals surface area contributed by atoms with Crippen molar-refractivity contribution in [2.24, 2.45) is 0 Å². The maximum absolute atomic E-state index is 13.0. The molecule has 0 bridgehead atoms. The number of amides is 2. The predicted molar refractivity (Wildman–Crippen MR) is 125 cm³/mol. The molecule has 0 fully saturated rings. The lowest BCUT2D eigenvalue weighted by Gasteiger charge is -2.13. The fraction of sp³-hybridized carbons (Fsp3) is 0.364. The van der Waals surface area contributed by atoms with Gasteiger partial charge in [-0.15, -0.1) is 11.3 Å². The fourth-order valence-electron chi connectivity index (χ4n) is 3.62. The molecule has 0 atom stereocenters. The molecule has 0 spiro atoms. The van der Waals surface area contributed by atoms with Gasteiger partial charge in [0.15, 0.2) is 0 Å². The lowest BCUT2D eigenvalue weighted by atomic mass is 9.97. The molecule has 2 amide bonds. The minimum absolute atomic E-state index is 0.0651. The Morgan fingerprint density at radius 2 is 2.00 bits per heavy atom. The molecular formula is C22H24N4O3S2. The van der Waals surface area contributed by atoms with Crippen LogP contribution in [0.1, 0.15) is 29.7 Å². The highest BCUT2D eigenvalue weighted by molar-refractivity contribution is 8.13. The van der Waals surface area contributed by atoms with Crippen LogP contribution in [0.3, 0.4) is 0 Å². The van der Waals surface area contributed by atoms with Crippen molar-refractivity contribution in [3.63, 3.8) is 0 Å². The van der Waals surface area contributed by atoms with Gasteiger partial charge >= 0.3 is 0 Å². The van der Waals surface area contributed by atoms with Crippen LogP contribution in [0.4, 0.5) is 10.5 Å². The summed E-state index contributed by atoms with van der Waals surface area (Å²) in [6.45, 7) is 0.254. The molecule has 2 heterocycles. The average Bonchev–Trinajstić information content (AvgIpc) is 3.14. The van der Waals surface area contributed by atoms with E-state index in [0.717, 1.165) is 53.2 Å². The summed E-state index contributed by atoms with van der Waals surface area (Å²) in [6, 6.07) is 7.19. The summed E-state index contributed by atoms with van der Waals surface area (Å²) in [6.07, 6.45) is 5.89. The van der Waals surface area contributed by atoms with Crippen molar-refractivity contribution in [1.82, 2.24) is 14.5 Å². The van der Waals surface area contributed by atoms with Crippen molar-refractivity contribution >= 4 is 50.1 Å². The number of benzene rings is 1. The molecule has 0 unspecified atom stereocenters. The number of fused-ring (bicyclic) bond motifs is 3. The van der Waals surface area contributed by atoms with Gasteiger partial charge in [-0.3, -0.25) is 19.0 Å². The number of aromatic nitrogens is 2. The van der Waals surface area contributed by atoms with Crippen molar-refractivity contribution in [3.05, 3.63) is 51.4 Å². The Bertz CT molecular complexity index is 1200. The Balaban J connectivity index is 1.46. The SMILES string of the molecule is CN(C)C(=O)Sc1ccccc1NC(=O)CCn1cnc2sc3c(c2c1=O)CCCC3. The van der Waals surface area contributed by atoms with E-state index in [9.17, 15) is 14.4 Å². The number of hydrogen-bond donors (Lipinski definition) is 1. The van der Waals surface area contributed by atoms with Gasteiger partial charge in [-0.1, -0.05) is 12.1 Å².